The summed E-state index contributed by atoms with van der Waals surface area (Å²) in [6.07, 6.45) is 2.05. The lowest BCUT2D eigenvalue weighted by molar-refractivity contribution is 0.0949. The third-order valence-electron chi connectivity index (χ3n) is 5.34. The molecule has 0 aliphatic carbocycles. The minimum atomic E-state index is -1.24. The van der Waals surface area contributed by atoms with Gasteiger partial charge in [0, 0.05) is 34.8 Å². The van der Waals surface area contributed by atoms with Gasteiger partial charge in [0.2, 0.25) is 17.0 Å². The second-order valence-corrected chi connectivity index (χ2v) is 10.4. The molecule has 2 atom stereocenters. The molecule has 0 saturated heterocycles. The zero-order valence-electron chi connectivity index (χ0n) is 16.6. The van der Waals surface area contributed by atoms with Crippen molar-refractivity contribution in [3.8, 4) is 11.8 Å². The van der Waals surface area contributed by atoms with Crippen LogP contribution in [0.2, 0.25) is 5.28 Å². The molecule has 5 heterocycles. The summed E-state index contributed by atoms with van der Waals surface area (Å²) >= 11 is 7.44. The fourth-order valence-corrected chi connectivity index (χ4v) is 6.47. The standard InChI is InChI=1S/C20H15ClN6O3S2/c1-8-6-22-15-13-11(31-16(15)18(28)24-8)3-2-9-14(13)23-7-12(25-9)30-19-17-10(4-5-32(17)29)26-20(21)27-19/h2-3,7-8,22H,4-6H2,1H3,(H,24,28)/t8-,32?/m1/s1. The Morgan fingerprint density at radius 2 is 2.16 bits per heavy atom. The van der Waals surface area contributed by atoms with Crippen LogP contribution >= 0.6 is 22.9 Å². The molecule has 1 amide bonds. The van der Waals surface area contributed by atoms with Gasteiger partial charge in [0.15, 0.2) is 0 Å². The van der Waals surface area contributed by atoms with E-state index in [9.17, 15) is 9.00 Å². The topological polar surface area (TPSA) is 119 Å². The maximum atomic E-state index is 12.6. The highest BCUT2D eigenvalue weighted by Gasteiger charge is 2.28. The summed E-state index contributed by atoms with van der Waals surface area (Å²) in [6.45, 7) is 2.57. The van der Waals surface area contributed by atoms with E-state index in [0.717, 1.165) is 15.8 Å². The van der Waals surface area contributed by atoms with E-state index in [2.05, 4.69) is 30.6 Å². The van der Waals surface area contributed by atoms with Gasteiger partial charge in [0.05, 0.1) is 39.4 Å². The molecule has 0 spiro atoms. The van der Waals surface area contributed by atoms with Crippen LogP contribution in [0.5, 0.6) is 11.8 Å². The first-order valence-electron chi connectivity index (χ1n) is 9.87. The number of amides is 1. The van der Waals surface area contributed by atoms with E-state index < -0.39 is 10.8 Å². The zero-order chi connectivity index (χ0) is 22.0. The molecule has 4 aromatic rings. The maximum Gasteiger partial charge on any atom is 0.263 e. The number of halogens is 1. The normalized spacial score (nSPS) is 19.9. The number of aryl methyl sites for hydroxylation is 1. The molecule has 0 radical (unpaired) electrons. The van der Waals surface area contributed by atoms with Crippen LogP contribution in [-0.2, 0) is 17.2 Å². The van der Waals surface area contributed by atoms with Crippen molar-refractivity contribution in [2.75, 3.05) is 17.6 Å². The largest absolute Gasteiger partial charge is 0.418 e. The van der Waals surface area contributed by atoms with Crippen LogP contribution in [0.3, 0.4) is 0 Å². The number of thiophene rings is 1. The Bertz CT molecular complexity index is 1470. The minimum Gasteiger partial charge on any atom is -0.418 e. The van der Waals surface area contributed by atoms with E-state index >= 15 is 0 Å². The second-order valence-electron chi connectivity index (χ2n) is 7.55. The Labute approximate surface area is 193 Å². The highest BCUT2D eigenvalue weighted by Crippen LogP contribution is 2.41. The number of ether oxygens (including phenoxy) is 1. The molecule has 3 aromatic heterocycles. The Kier molecular flexibility index (Phi) is 4.52. The first-order chi connectivity index (χ1) is 15.5. The fourth-order valence-electron chi connectivity index (χ4n) is 3.93. The molecule has 2 aliphatic heterocycles. The Hall–Kier alpha value is -2.89. The number of hydrogen-bond donors (Lipinski definition) is 2. The number of carbonyl (C=O) groups is 1. The molecule has 1 aromatic carbocycles. The Morgan fingerprint density at radius 3 is 3.03 bits per heavy atom. The van der Waals surface area contributed by atoms with Gasteiger partial charge in [-0.3, -0.25) is 9.00 Å². The Morgan fingerprint density at radius 1 is 1.28 bits per heavy atom. The van der Waals surface area contributed by atoms with E-state index in [1.807, 2.05) is 19.1 Å². The van der Waals surface area contributed by atoms with Crippen molar-refractivity contribution < 1.29 is 13.7 Å². The molecule has 2 aliphatic rings. The highest BCUT2D eigenvalue weighted by molar-refractivity contribution is 7.85. The van der Waals surface area contributed by atoms with Crippen LogP contribution in [0.25, 0.3) is 21.1 Å². The van der Waals surface area contributed by atoms with E-state index in [1.54, 1.807) is 0 Å². The quantitative estimate of drug-likeness (QED) is 0.414. The summed E-state index contributed by atoms with van der Waals surface area (Å²) in [5.74, 6) is 0.716. The summed E-state index contributed by atoms with van der Waals surface area (Å²) in [6, 6.07) is 3.77. The van der Waals surface area contributed by atoms with Gasteiger partial charge in [-0.25, -0.2) is 15.0 Å². The predicted molar refractivity (Wildman–Crippen MR) is 122 cm³/mol. The van der Waals surface area contributed by atoms with Crippen LogP contribution < -0.4 is 15.4 Å². The summed E-state index contributed by atoms with van der Waals surface area (Å²) in [7, 11) is -1.24. The van der Waals surface area contributed by atoms with Gasteiger partial charge >= 0.3 is 0 Å². The average molecular weight is 487 g/mol. The number of carbonyl (C=O) groups excluding carboxylic acids is 1. The van der Waals surface area contributed by atoms with Crippen molar-refractivity contribution in [1.29, 1.82) is 0 Å². The minimum absolute atomic E-state index is 0.0187. The number of hydrogen-bond acceptors (Lipinski definition) is 9. The predicted octanol–water partition coefficient (Wildman–Crippen LogP) is 3.29. The molecule has 0 fully saturated rings. The molecular weight excluding hydrogens is 472 g/mol. The van der Waals surface area contributed by atoms with Crippen LogP contribution in [-0.4, -0.2) is 48.4 Å². The molecular formula is C20H15ClN6O3S2. The van der Waals surface area contributed by atoms with Crippen molar-refractivity contribution in [3.05, 3.63) is 34.2 Å². The number of benzene rings is 1. The van der Waals surface area contributed by atoms with Crippen LogP contribution in [0, 0.1) is 0 Å². The summed E-state index contributed by atoms with van der Waals surface area (Å²) in [5, 5.41) is 7.25. The lowest BCUT2D eigenvalue weighted by atomic mass is 10.1. The third kappa shape index (κ3) is 3.11. The smallest absolute Gasteiger partial charge is 0.263 e. The highest BCUT2D eigenvalue weighted by atomic mass is 35.5. The molecule has 0 saturated carbocycles. The van der Waals surface area contributed by atoms with Crippen molar-refractivity contribution in [2.45, 2.75) is 24.3 Å². The van der Waals surface area contributed by atoms with E-state index in [0.29, 0.717) is 45.2 Å². The van der Waals surface area contributed by atoms with Gasteiger partial charge in [-0.1, -0.05) is 0 Å². The number of nitrogens with one attached hydrogen (secondary N) is 2. The van der Waals surface area contributed by atoms with Crippen molar-refractivity contribution >= 4 is 66.5 Å². The molecule has 2 N–H and O–H groups in total. The molecule has 0 bridgehead atoms. The summed E-state index contributed by atoms with van der Waals surface area (Å²) in [5.41, 5.74) is 2.68. The average Bonchev–Trinajstić information content (AvgIpc) is 3.28. The van der Waals surface area contributed by atoms with Gasteiger partial charge < -0.3 is 15.4 Å². The van der Waals surface area contributed by atoms with Crippen LogP contribution in [0.1, 0.15) is 22.3 Å². The summed E-state index contributed by atoms with van der Waals surface area (Å²) in [4.78, 5) is 31.1. The first kappa shape index (κ1) is 19.8. The molecule has 9 nitrogen and oxygen atoms in total. The van der Waals surface area contributed by atoms with E-state index in [4.69, 9.17) is 16.3 Å². The third-order valence-corrected chi connectivity index (χ3v) is 8.10. The SMILES string of the molecule is C[C@@H]1CNc2c(sc3ccc4nc(Oc5nc(Cl)nc6c5S(=O)CC6)cnc4c23)C(=O)N1. The van der Waals surface area contributed by atoms with E-state index in [1.165, 1.54) is 17.5 Å². The van der Waals surface area contributed by atoms with Crippen molar-refractivity contribution in [3.63, 3.8) is 0 Å². The van der Waals surface area contributed by atoms with Gasteiger partial charge in [-0.15, -0.1) is 11.3 Å². The molecule has 12 heteroatoms. The molecule has 1 unspecified atom stereocenters. The lowest BCUT2D eigenvalue weighted by Gasteiger charge is -2.10. The van der Waals surface area contributed by atoms with Crippen molar-refractivity contribution in [1.82, 2.24) is 25.3 Å². The zero-order valence-corrected chi connectivity index (χ0v) is 19.0. The van der Waals surface area contributed by atoms with Crippen molar-refractivity contribution in [2.24, 2.45) is 0 Å². The van der Waals surface area contributed by atoms with E-state index in [-0.39, 0.29) is 29.0 Å². The van der Waals surface area contributed by atoms with Gasteiger partial charge in [-0.2, -0.15) is 4.98 Å². The number of fused-ring (bicyclic) bond motifs is 6. The molecule has 32 heavy (non-hydrogen) atoms. The van der Waals surface area contributed by atoms with Gasteiger partial charge in [-0.05, 0) is 30.7 Å². The molecule has 6 rings (SSSR count). The lowest BCUT2D eigenvalue weighted by Crippen LogP contribution is -2.34. The monoisotopic (exact) mass is 486 g/mol. The number of rotatable bonds is 2. The van der Waals surface area contributed by atoms with Crippen LogP contribution in [0.4, 0.5) is 5.69 Å². The number of aromatic nitrogens is 4. The fraction of sp³-hybridized carbons (Fsp3) is 0.250. The maximum absolute atomic E-state index is 12.6. The number of anilines is 1. The van der Waals surface area contributed by atoms with Gasteiger partial charge in [0.25, 0.3) is 5.91 Å². The van der Waals surface area contributed by atoms with Gasteiger partial charge in [0.1, 0.15) is 9.77 Å². The first-order valence-corrected chi connectivity index (χ1v) is 12.4. The molecule has 162 valence electrons. The van der Waals surface area contributed by atoms with Crippen LogP contribution in [0.15, 0.2) is 23.2 Å². The Balaban J connectivity index is 1.45. The number of nitrogens with zero attached hydrogens (tertiary/aromatic N) is 4. The second kappa shape index (κ2) is 7.32. The summed E-state index contributed by atoms with van der Waals surface area (Å²) < 4.78 is 19.2.